The van der Waals surface area contributed by atoms with Crippen LogP contribution in [0, 0.1) is 0 Å². The lowest BCUT2D eigenvalue weighted by Crippen LogP contribution is -2.52. The maximum absolute atomic E-state index is 12.6. The Morgan fingerprint density at radius 2 is 1.79 bits per heavy atom. The molecule has 1 saturated carbocycles. The topological polar surface area (TPSA) is 107 Å². The SMILES string of the molecule is O=C(CCCN1C(=O)NC2(CCCC2)C1=O)N1CCN([C@@H]2CCS(=O)(=O)C2)CC1. The maximum Gasteiger partial charge on any atom is 0.325 e. The highest BCUT2D eigenvalue weighted by Crippen LogP contribution is 2.35. The number of sulfone groups is 1. The van der Waals surface area contributed by atoms with Gasteiger partial charge in [0.1, 0.15) is 5.54 Å². The van der Waals surface area contributed by atoms with Crippen LogP contribution in [0.4, 0.5) is 4.79 Å². The van der Waals surface area contributed by atoms with Gasteiger partial charge in [-0.3, -0.25) is 19.4 Å². The molecule has 0 bridgehead atoms. The summed E-state index contributed by atoms with van der Waals surface area (Å²) in [6, 6.07) is -0.246. The van der Waals surface area contributed by atoms with Gasteiger partial charge in [0.25, 0.3) is 5.91 Å². The minimum absolute atomic E-state index is 0.0336. The molecule has 162 valence electrons. The number of hydrogen-bond acceptors (Lipinski definition) is 6. The van der Waals surface area contributed by atoms with Gasteiger partial charge in [0, 0.05) is 45.2 Å². The van der Waals surface area contributed by atoms with Crippen LogP contribution in [0.2, 0.25) is 0 Å². The molecule has 0 unspecified atom stereocenters. The summed E-state index contributed by atoms with van der Waals surface area (Å²) in [5.74, 6) is 0.397. The van der Waals surface area contributed by atoms with Crippen LogP contribution in [0.25, 0.3) is 0 Å². The smallest absolute Gasteiger partial charge is 0.325 e. The quantitative estimate of drug-likeness (QED) is 0.619. The normalized spacial score (nSPS) is 29.0. The summed E-state index contributed by atoms with van der Waals surface area (Å²) < 4.78 is 23.3. The molecular weight excluding hydrogens is 396 g/mol. The van der Waals surface area contributed by atoms with Gasteiger partial charge in [0.15, 0.2) is 9.84 Å². The van der Waals surface area contributed by atoms with Crippen LogP contribution in [0.15, 0.2) is 0 Å². The first-order valence-electron chi connectivity index (χ1n) is 10.7. The monoisotopic (exact) mass is 426 g/mol. The summed E-state index contributed by atoms with van der Waals surface area (Å²) >= 11 is 0. The molecule has 1 aliphatic carbocycles. The van der Waals surface area contributed by atoms with E-state index < -0.39 is 15.4 Å². The van der Waals surface area contributed by atoms with Crippen molar-refractivity contribution < 1.29 is 22.8 Å². The van der Waals surface area contributed by atoms with E-state index in [1.54, 1.807) is 0 Å². The summed E-state index contributed by atoms with van der Waals surface area (Å²) in [5, 5.41) is 2.86. The molecule has 9 nitrogen and oxygen atoms in total. The molecule has 4 amide bonds. The van der Waals surface area contributed by atoms with E-state index in [9.17, 15) is 22.8 Å². The van der Waals surface area contributed by atoms with Crippen molar-refractivity contribution in [2.75, 3.05) is 44.2 Å². The predicted molar refractivity (Wildman–Crippen MR) is 106 cm³/mol. The number of hydrogen-bond donors (Lipinski definition) is 1. The fraction of sp³-hybridized carbons (Fsp3) is 0.842. The highest BCUT2D eigenvalue weighted by atomic mass is 32.2. The Balaban J connectivity index is 1.20. The zero-order valence-electron chi connectivity index (χ0n) is 16.8. The van der Waals surface area contributed by atoms with Gasteiger partial charge in [-0.1, -0.05) is 12.8 Å². The number of carbonyl (C=O) groups is 3. The molecule has 3 saturated heterocycles. The first-order chi connectivity index (χ1) is 13.8. The van der Waals surface area contributed by atoms with Crippen molar-refractivity contribution in [3.63, 3.8) is 0 Å². The average Bonchev–Trinajstić information content (AvgIpc) is 3.36. The average molecular weight is 427 g/mol. The molecule has 0 aromatic carbocycles. The predicted octanol–water partition coefficient (Wildman–Crippen LogP) is -0.0375. The molecule has 10 heteroatoms. The highest BCUT2D eigenvalue weighted by molar-refractivity contribution is 7.91. The summed E-state index contributed by atoms with van der Waals surface area (Å²) in [6.45, 7) is 2.87. The number of nitrogens with zero attached hydrogens (tertiary/aromatic N) is 3. The van der Waals surface area contributed by atoms with E-state index in [1.807, 2.05) is 4.90 Å². The van der Waals surface area contributed by atoms with Crippen LogP contribution in [0.3, 0.4) is 0 Å². The molecule has 0 radical (unpaired) electrons. The third-order valence-corrected chi connectivity index (χ3v) is 8.62. The molecular formula is C19H30N4O5S. The number of nitrogens with one attached hydrogen (secondary N) is 1. The van der Waals surface area contributed by atoms with Crippen LogP contribution in [-0.4, -0.2) is 96.8 Å². The van der Waals surface area contributed by atoms with Crippen molar-refractivity contribution in [2.24, 2.45) is 0 Å². The van der Waals surface area contributed by atoms with Crippen molar-refractivity contribution >= 4 is 27.7 Å². The van der Waals surface area contributed by atoms with E-state index in [2.05, 4.69) is 10.2 Å². The zero-order valence-corrected chi connectivity index (χ0v) is 17.6. The van der Waals surface area contributed by atoms with Crippen molar-refractivity contribution in [2.45, 2.75) is 56.5 Å². The summed E-state index contributed by atoms with van der Waals surface area (Å²) in [5.41, 5.74) is -0.689. The van der Waals surface area contributed by atoms with E-state index in [0.29, 0.717) is 58.3 Å². The van der Waals surface area contributed by atoms with Gasteiger partial charge in [0.05, 0.1) is 11.5 Å². The second-order valence-electron chi connectivity index (χ2n) is 8.75. The van der Waals surface area contributed by atoms with E-state index in [0.717, 1.165) is 12.8 Å². The Bertz CT molecular complexity index is 784. The first-order valence-corrected chi connectivity index (χ1v) is 12.5. The Morgan fingerprint density at radius 3 is 2.41 bits per heavy atom. The lowest BCUT2D eigenvalue weighted by atomic mass is 9.98. The number of amides is 4. The van der Waals surface area contributed by atoms with E-state index in [-0.39, 0.29) is 41.9 Å². The molecule has 1 spiro atoms. The van der Waals surface area contributed by atoms with Gasteiger partial charge in [0.2, 0.25) is 5.91 Å². The molecule has 4 aliphatic rings. The molecule has 3 heterocycles. The van der Waals surface area contributed by atoms with Gasteiger partial charge in [-0.25, -0.2) is 13.2 Å². The molecule has 4 fully saturated rings. The van der Waals surface area contributed by atoms with Gasteiger partial charge < -0.3 is 10.2 Å². The molecule has 1 N–H and O–H groups in total. The largest absolute Gasteiger partial charge is 0.340 e. The standard InChI is InChI=1S/C19H30N4O5S/c24-16(22-11-9-21(10-12-22)15-5-13-29(27,28)14-15)4-3-8-23-17(25)19(20-18(23)26)6-1-2-7-19/h15H,1-14H2,(H,20,26)/t15-/m1/s1. The van der Waals surface area contributed by atoms with E-state index >= 15 is 0 Å². The zero-order chi connectivity index (χ0) is 20.6. The van der Waals surface area contributed by atoms with Gasteiger partial charge >= 0.3 is 6.03 Å². The van der Waals surface area contributed by atoms with Crippen LogP contribution in [-0.2, 0) is 19.4 Å². The first kappa shape index (κ1) is 20.6. The van der Waals surface area contributed by atoms with Gasteiger partial charge in [-0.05, 0) is 25.7 Å². The summed E-state index contributed by atoms with van der Waals surface area (Å²) in [7, 11) is -2.90. The summed E-state index contributed by atoms with van der Waals surface area (Å²) in [6.07, 6.45) is 4.79. The fourth-order valence-electron chi connectivity index (χ4n) is 5.14. The summed E-state index contributed by atoms with van der Waals surface area (Å²) in [4.78, 5) is 42.6. The number of piperazine rings is 1. The minimum atomic E-state index is -2.90. The second kappa shape index (κ2) is 7.86. The number of rotatable bonds is 5. The number of urea groups is 1. The van der Waals surface area contributed by atoms with Crippen LogP contribution >= 0.6 is 0 Å². The number of imide groups is 1. The Hall–Kier alpha value is -1.68. The van der Waals surface area contributed by atoms with Gasteiger partial charge in [-0.2, -0.15) is 0 Å². The van der Waals surface area contributed by atoms with Crippen molar-refractivity contribution in [1.29, 1.82) is 0 Å². The fourth-order valence-corrected chi connectivity index (χ4v) is 6.90. The lowest BCUT2D eigenvalue weighted by molar-refractivity contribution is -0.134. The molecule has 29 heavy (non-hydrogen) atoms. The number of carbonyl (C=O) groups excluding carboxylic acids is 3. The lowest BCUT2D eigenvalue weighted by Gasteiger charge is -2.37. The van der Waals surface area contributed by atoms with E-state index in [4.69, 9.17) is 0 Å². The molecule has 0 aromatic heterocycles. The Kier molecular flexibility index (Phi) is 5.58. The van der Waals surface area contributed by atoms with Crippen molar-refractivity contribution in [3.05, 3.63) is 0 Å². The third-order valence-electron chi connectivity index (χ3n) is 6.87. The molecule has 1 atom stereocenters. The maximum atomic E-state index is 12.6. The van der Waals surface area contributed by atoms with Gasteiger partial charge in [-0.15, -0.1) is 0 Å². The highest BCUT2D eigenvalue weighted by Gasteiger charge is 2.52. The van der Waals surface area contributed by atoms with Crippen LogP contribution < -0.4 is 5.32 Å². The van der Waals surface area contributed by atoms with Crippen LogP contribution in [0.1, 0.15) is 44.9 Å². The third kappa shape index (κ3) is 4.14. The van der Waals surface area contributed by atoms with Crippen LogP contribution in [0.5, 0.6) is 0 Å². The Morgan fingerprint density at radius 1 is 1.10 bits per heavy atom. The molecule has 0 aromatic rings. The second-order valence-corrected chi connectivity index (χ2v) is 11.0. The molecule has 3 aliphatic heterocycles. The van der Waals surface area contributed by atoms with Crippen molar-refractivity contribution in [3.8, 4) is 0 Å². The van der Waals surface area contributed by atoms with Crippen molar-refractivity contribution in [1.82, 2.24) is 20.0 Å². The Labute approximate surface area is 171 Å². The van der Waals surface area contributed by atoms with E-state index in [1.165, 1.54) is 4.90 Å². The minimum Gasteiger partial charge on any atom is -0.340 e. The molecule has 4 rings (SSSR count).